The Labute approximate surface area is 112 Å². The number of fused-ring (bicyclic) bond motifs is 1. The SMILES string of the molecule is Cc1ccc(S(=O)(=O)n2ccc3c[c]ccc32)cc1. The van der Waals surface area contributed by atoms with E-state index in [1.165, 1.54) is 3.97 Å². The molecule has 0 fully saturated rings. The van der Waals surface area contributed by atoms with Gasteiger partial charge in [-0.2, -0.15) is 0 Å². The fourth-order valence-corrected chi connectivity index (χ4v) is 3.38. The fourth-order valence-electron chi connectivity index (χ4n) is 2.03. The molecule has 3 nitrogen and oxygen atoms in total. The van der Waals surface area contributed by atoms with E-state index in [1.54, 1.807) is 54.7 Å². The molecule has 1 heterocycles. The van der Waals surface area contributed by atoms with E-state index in [4.69, 9.17) is 0 Å². The predicted octanol–water partition coefficient (Wildman–Crippen LogP) is 2.99. The van der Waals surface area contributed by atoms with E-state index in [0.717, 1.165) is 10.9 Å². The summed E-state index contributed by atoms with van der Waals surface area (Å²) in [6, 6.07) is 16.8. The second-order valence-electron chi connectivity index (χ2n) is 4.41. The predicted molar refractivity (Wildman–Crippen MR) is 74.5 cm³/mol. The van der Waals surface area contributed by atoms with Gasteiger partial charge in [0.2, 0.25) is 0 Å². The molecular formula is C15H12NO2S. The zero-order chi connectivity index (χ0) is 13.5. The quantitative estimate of drug-likeness (QED) is 0.718. The van der Waals surface area contributed by atoms with Crippen LogP contribution in [-0.2, 0) is 10.0 Å². The zero-order valence-corrected chi connectivity index (χ0v) is 11.2. The third kappa shape index (κ3) is 1.94. The molecule has 95 valence electrons. The van der Waals surface area contributed by atoms with Crippen molar-refractivity contribution >= 4 is 20.9 Å². The van der Waals surface area contributed by atoms with Crippen molar-refractivity contribution in [1.29, 1.82) is 0 Å². The molecule has 2 aromatic carbocycles. The van der Waals surface area contributed by atoms with Gasteiger partial charge >= 0.3 is 0 Å². The molecule has 0 bridgehead atoms. The van der Waals surface area contributed by atoms with Gasteiger partial charge < -0.3 is 0 Å². The number of aromatic nitrogens is 1. The molecule has 0 aliphatic rings. The second kappa shape index (κ2) is 4.24. The van der Waals surface area contributed by atoms with Crippen LogP contribution in [0.1, 0.15) is 5.56 Å². The molecule has 1 radical (unpaired) electrons. The number of nitrogens with zero attached hydrogens (tertiary/aromatic N) is 1. The average Bonchev–Trinajstić information content (AvgIpc) is 2.83. The van der Waals surface area contributed by atoms with Gasteiger partial charge in [0.25, 0.3) is 10.0 Å². The third-order valence-electron chi connectivity index (χ3n) is 3.08. The van der Waals surface area contributed by atoms with Gasteiger partial charge in [0.05, 0.1) is 10.4 Å². The molecule has 19 heavy (non-hydrogen) atoms. The van der Waals surface area contributed by atoms with Gasteiger partial charge in [0.1, 0.15) is 0 Å². The Kier molecular flexibility index (Phi) is 2.68. The van der Waals surface area contributed by atoms with Gasteiger partial charge in [-0.1, -0.05) is 23.8 Å². The van der Waals surface area contributed by atoms with Crippen molar-refractivity contribution in [3.63, 3.8) is 0 Å². The van der Waals surface area contributed by atoms with Crippen LogP contribution in [-0.4, -0.2) is 12.4 Å². The zero-order valence-electron chi connectivity index (χ0n) is 10.4. The highest BCUT2D eigenvalue weighted by Gasteiger charge is 2.18. The number of rotatable bonds is 2. The average molecular weight is 270 g/mol. The Bertz CT molecular complexity index is 830. The Morgan fingerprint density at radius 1 is 1.05 bits per heavy atom. The van der Waals surface area contributed by atoms with Gasteiger partial charge in [0.15, 0.2) is 0 Å². The lowest BCUT2D eigenvalue weighted by Gasteiger charge is -2.07. The Hall–Kier alpha value is -2.07. The van der Waals surface area contributed by atoms with Crippen LogP contribution in [0.4, 0.5) is 0 Å². The Balaban J connectivity index is 2.22. The molecule has 0 spiro atoms. The monoisotopic (exact) mass is 270 g/mol. The summed E-state index contributed by atoms with van der Waals surface area (Å²) < 4.78 is 26.5. The summed E-state index contributed by atoms with van der Waals surface area (Å²) >= 11 is 0. The molecular weight excluding hydrogens is 258 g/mol. The van der Waals surface area contributed by atoms with Crippen LogP contribution < -0.4 is 0 Å². The van der Waals surface area contributed by atoms with Crippen molar-refractivity contribution in [2.45, 2.75) is 11.8 Å². The van der Waals surface area contributed by atoms with Crippen LogP contribution in [0.3, 0.4) is 0 Å². The first-order valence-corrected chi connectivity index (χ1v) is 7.32. The third-order valence-corrected chi connectivity index (χ3v) is 4.78. The van der Waals surface area contributed by atoms with E-state index < -0.39 is 10.0 Å². The lowest BCUT2D eigenvalue weighted by atomic mass is 10.2. The maximum absolute atomic E-state index is 12.6. The minimum absolute atomic E-state index is 0.295. The van der Waals surface area contributed by atoms with E-state index in [2.05, 4.69) is 6.07 Å². The summed E-state index contributed by atoms with van der Waals surface area (Å²) in [4.78, 5) is 0.295. The summed E-state index contributed by atoms with van der Waals surface area (Å²) in [5.74, 6) is 0. The van der Waals surface area contributed by atoms with Crippen LogP contribution in [0.15, 0.2) is 59.6 Å². The molecule has 0 aliphatic heterocycles. The first-order valence-electron chi connectivity index (χ1n) is 5.88. The first-order chi connectivity index (χ1) is 9.09. The highest BCUT2D eigenvalue weighted by atomic mass is 32.2. The number of aryl methyl sites for hydroxylation is 1. The molecule has 0 aliphatic carbocycles. The molecule has 0 amide bonds. The summed E-state index contributed by atoms with van der Waals surface area (Å²) in [6.45, 7) is 1.93. The summed E-state index contributed by atoms with van der Waals surface area (Å²) in [6.07, 6.45) is 1.58. The summed E-state index contributed by atoms with van der Waals surface area (Å²) in [5.41, 5.74) is 1.70. The minimum Gasteiger partial charge on any atom is -0.241 e. The smallest absolute Gasteiger partial charge is 0.241 e. The van der Waals surface area contributed by atoms with Crippen LogP contribution in [0.5, 0.6) is 0 Å². The van der Waals surface area contributed by atoms with Crippen LogP contribution in [0.2, 0.25) is 0 Å². The fraction of sp³-hybridized carbons (Fsp3) is 0.0667. The number of benzene rings is 2. The summed E-state index contributed by atoms with van der Waals surface area (Å²) in [5, 5.41) is 0.859. The minimum atomic E-state index is -3.54. The Morgan fingerprint density at radius 2 is 1.79 bits per heavy atom. The normalized spacial score (nSPS) is 11.8. The van der Waals surface area contributed by atoms with Crippen molar-refractivity contribution in [2.24, 2.45) is 0 Å². The second-order valence-corrected chi connectivity index (χ2v) is 6.23. The van der Waals surface area contributed by atoms with Crippen molar-refractivity contribution in [2.75, 3.05) is 0 Å². The number of hydrogen-bond donors (Lipinski definition) is 0. The molecule has 0 unspecified atom stereocenters. The molecule has 4 heteroatoms. The van der Waals surface area contributed by atoms with Crippen molar-refractivity contribution in [3.8, 4) is 0 Å². The van der Waals surface area contributed by atoms with Gasteiger partial charge in [-0.05, 0) is 43.3 Å². The number of hydrogen-bond acceptors (Lipinski definition) is 2. The van der Waals surface area contributed by atoms with Gasteiger partial charge in [-0.25, -0.2) is 12.4 Å². The molecule has 0 atom stereocenters. The van der Waals surface area contributed by atoms with E-state index in [1.807, 2.05) is 6.92 Å². The standard InChI is InChI=1S/C15H12NO2S/c1-12-6-8-14(9-7-12)19(17,18)16-11-10-13-4-2-3-5-15(13)16/h3-11H,1H3. The van der Waals surface area contributed by atoms with E-state index in [9.17, 15) is 8.42 Å². The van der Waals surface area contributed by atoms with E-state index >= 15 is 0 Å². The summed E-state index contributed by atoms with van der Waals surface area (Å²) in [7, 11) is -3.54. The van der Waals surface area contributed by atoms with E-state index in [0.29, 0.717) is 10.4 Å². The maximum Gasteiger partial charge on any atom is 0.268 e. The molecule has 3 aromatic rings. The molecule has 0 saturated carbocycles. The van der Waals surface area contributed by atoms with Gasteiger partial charge in [-0.15, -0.1) is 0 Å². The van der Waals surface area contributed by atoms with Gasteiger partial charge in [-0.3, -0.25) is 0 Å². The highest BCUT2D eigenvalue weighted by molar-refractivity contribution is 7.90. The lowest BCUT2D eigenvalue weighted by molar-refractivity contribution is 0.589. The molecule has 0 saturated heterocycles. The largest absolute Gasteiger partial charge is 0.268 e. The molecule has 1 aromatic heterocycles. The van der Waals surface area contributed by atoms with Crippen LogP contribution in [0, 0.1) is 13.0 Å². The van der Waals surface area contributed by atoms with Gasteiger partial charge in [0, 0.05) is 11.6 Å². The van der Waals surface area contributed by atoms with Crippen molar-refractivity contribution in [3.05, 3.63) is 66.4 Å². The molecule has 3 rings (SSSR count). The lowest BCUT2D eigenvalue weighted by Crippen LogP contribution is -2.11. The molecule has 0 N–H and O–H groups in total. The van der Waals surface area contributed by atoms with E-state index in [-0.39, 0.29) is 0 Å². The maximum atomic E-state index is 12.6. The Morgan fingerprint density at radius 3 is 2.53 bits per heavy atom. The highest BCUT2D eigenvalue weighted by Crippen LogP contribution is 2.21. The van der Waals surface area contributed by atoms with Crippen molar-refractivity contribution < 1.29 is 8.42 Å². The van der Waals surface area contributed by atoms with Crippen LogP contribution in [0.25, 0.3) is 10.9 Å². The first kappa shape index (κ1) is 12.0. The van der Waals surface area contributed by atoms with Crippen molar-refractivity contribution in [1.82, 2.24) is 3.97 Å². The topological polar surface area (TPSA) is 39.1 Å². The van der Waals surface area contributed by atoms with Crippen LogP contribution >= 0.6 is 0 Å².